The minimum atomic E-state index is -0.916. The van der Waals surface area contributed by atoms with Crippen molar-refractivity contribution >= 4 is 16.8 Å². The number of nitrogens with zero attached hydrogens (tertiary/aromatic N) is 2. The van der Waals surface area contributed by atoms with E-state index in [9.17, 15) is 4.21 Å². The van der Waals surface area contributed by atoms with Crippen LogP contribution in [-0.2, 0) is 21.3 Å². The summed E-state index contributed by atoms with van der Waals surface area (Å²) in [6, 6.07) is 16.5. The van der Waals surface area contributed by atoms with Crippen LogP contribution in [0.15, 0.2) is 53.5 Å². The lowest BCUT2D eigenvalue weighted by molar-refractivity contribution is -0.00832. The van der Waals surface area contributed by atoms with Crippen LogP contribution in [-0.4, -0.2) is 53.6 Å². The van der Waals surface area contributed by atoms with Gasteiger partial charge in [-0.2, -0.15) is 0 Å². The van der Waals surface area contributed by atoms with E-state index in [2.05, 4.69) is 49.2 Å². The molecular weight excluding hydrogens is 394 g/mol. The molecule has 1 saturated heterocycles. The summed E-state index contributed by atoms with van der Waals surface area (Å²) in [5.74, 6) is 2.03. The van der Waals surface area contributed by atoms with Crippen LogP contribution >= 0.6 is 0 Å². The molecule has 0 aliphatic carbocycles. The van der Waals surface area contributed by atoms with Crippen LogP contribution in [0.2, 0.25) is 0 Å². The Hall–Kier alpha value is -2.18. The summed E-state index contributed by atoms with van der Waals surface area (Å²) < 4.78 is 18.5. The second-order valence-corrected chi connectivity index (χ2v) is 9.25. The molecule has 6 heteroatoms. The quantitative estimate of drug-likeness (QED) is 0.542. The molecule has 30 heavy (non-hydrogen) atoms. The number of rotatable bonds is 7. The highest BCUT2D eigenvalue weighted by Crippen LogP contribution is 2.25. The minimum Gasteiger partial charge on any atom is -0.370 e. The van der Waals surface area contributed by atoms with E-state index in [1.54, 1.807) is 0 Å². The van der Waals surface area contributed by atoms with E-state index in [4.69, 9.17) is 9.73 Å². The van der Waals surface area contributed by atoms with Crippen molar-refractivity contribution < 1.29 is 8.95 Å². The summed E-state index contributed by atoms with van der Waals surface area (Å²) in [4.78, 5) is 7.03. The summed E-state index contributed by atoms with van der Waals surface area (Å²) >= 11 is 0. The van der Waals surface area contributed by atoms with Gasteiger partial charge in [-0.15, -0.1) is 0 Å². The first-order valence-corrected chi connectivity index (χ1v) is 12.2. The largest absolute Gasteiger partial charge is 0.370 e. The number of benzene rings is 2. The van der Waals surface area contributed by atoms with Crippen molar-refractivity contribution in [2.75, 3.05) is 38.5 Å². The first-order chi connectivity index (χ1) is 14.6. The van der Waals surface area contributed by atoms with Crippen molar-refractivity contribution in [3.63, 3.8) is 0 Å². The fourth-order valence-corrected chi connectivity index (χ4v) is 4.73. The van der Waals surface area contributed by atoms with Gasteiger partial charge in [-0.05, 0) is 37.5 Å². The zero-order chi connectivity index (χ0) is 21.3. The van der Waals surface area contributed by atoms with E-state index in [1.165, 1.54) is 16.7 Å². The van der Waals surface area contributed by atoms with E-state index in [1.807, 2.05) is 30.3 Å². The maximum atomic E-state index is 12.4. The van der Waals surface area contributed by atoms with Crippen molar-refractivity contribution in [1.82, 2.24) is 10.2 Å². The molecule has 0 aromatic heterocycles. The molecule has 2 atom stereocenters. The van der Waals surface area contributed by atoms with Gasteiger partial charge in [-0.25, -0.2) is 0 Å². The van der Waals surface area contributed by atoms with Crippen LogP contribution < -0.4 is 5.32 Å². The Balaban J connectivity index is 1.60. The van der Waals surface area contributed by atoms with Gasteiger partial charge in [0.25, 0.3) is 0 Å². The zero-order valence-electron chi connectivity index (χ0n) is 18.3. The molecule has 2 aromatic carbocycles. The van der Waals surface area contributed by atoms with E-state index in [0.717, 1.165) is 31.2 Å². The predicted molar refractivity (Wildman–Crippen MR) is 125 cm³/mol. The lowest BCUT2D eigenvalue weighted by Gasteiger charge is -2.36. The lowest BCUT2D eigenvalue weighted by atomic mass is 10.00. The van der Waals surface area contributed by atoms with Crippen LogP contribution in [0, 0.1) is 13.8 Å². The first kappa shape index (κ1) is 22.5. The highest BCUT2D eigenvalue weighted by atomic mass is 32.2. The molecule has 5 nitrogen and oxygen atoms in total. The third-order valence-electron chi connectivity index (χ3n) is 5.22. The molecule has 2 unspecified atom stereocenters. The highest BCUT2D eigenvalue weighted by molar-refractivity contribution is 7.84. The number of hydrogen-bond acceptors (Lipinski definition) is 3. The van der Waals surface area contributed by atoms with Crippen LogP contribution in [0.25, 0.3) is 0 Å². The summed E-state index contributed by atoms with van der Waals surface area (Å²) in [6.45, 7) is 9.93. The fourth-order valence-electron chi connectivity index (χ4n) is 3.73. The molecule has 1 heterocycles. The molecule has 0 saturated carbocycles. The number of aryl methyl sites for hydroxylation is 2. The van der Waals surface area contributed by atoms with Gasteiger partial charge in [0.05, 0.1) is 19.7 Å². The smallest absolute Gasteiger partial charge is 0.194 e. The summed E-state index contributed by atoms with van der Waals surface area (Å²) in [5.41, 5.74) is 4.88. The maximum Gasteiger partial charge on any atom is 0.194 e. The molecule has 2 aromatic rings. The average Bonchev–Trinajstić information content (AvgIpc) is 2.74. The fraction of sp³-hybridized carbons (Fsp3) is 0.458. The molecule has 0 amide bonds. The topological polar surface area (TPSA) is 53.9 Å². The van der Waals surface area contributed by atoms with E-state index in [0.29, 0.717) is 24.7 Å². The van der Waals surface area contributed by atoms with Gasteiger partial charge < -0.3 is 15.0 Å². The Morgan fingerprint density at radius 2 is 2.03 bits per heavy atom. The summed E-state index contributed by atoms with van der Waals surface area (Å²) in [6.07, 6.45) is 0.0374. The number of ether oxygens (including phenoxy) is 1. The molecule has 0 spiro atoms. The van der Waals surface area contributed by atoms with Crippen molar-refractivity contribution in [3.8, 4) is 0 Å². The van der Waals surface area contributed by atoms with Gasteiger partial charge in [0.15, 0.2) is 5.96 Å². The molecule has 1 aliphatic rings. The standard InChI is InChI=1S/C24H33N3O2S/c1-4-25-24(26-12-15-30(28)18-21-8-6-5-7-9-21)27-13-14-29-23(17-27)22-11-10-19(2)16-20(22)3/h5-11,16,23H,4,12-15,17-18H2,1-3H3,(H,25,26). The van der Waals surface area contributed by atoms with Crippen molar-refractivity contribution in [1.29, 1.82) is 0 Å². The van der Waals surface area contributed by atoms with E-state index >= 15 is 0 Å². The number of nitrogens with one attached hydrogen (secondary N) is 1. The third kappa shape index (κ3) is 6.41. The number of guanidine groups is 1. The molecular formula is C24H33N3O2S. The minimum absolute atomic E-state index is 0.0374. The molecule has 1 aliphatic heterocycles. The highest BCUT2D eigenvalue weighted by Gasteiger charge is 2.25. The Morgan fingerprint density at radius 3 is 2.77 bits per heavy atom. The van der Waals surface area contributed by atoms with Gasteiger partial charge in [0.1, 0.15) is 6.10 Å². The third-order valence-corrected chi connectivity index (χ3v) is 6.52. The zero-order valence-corrected chi connectivity index (χ0v) is 19.1. The number of aliphatic imine (C=N–C) groups is 1. The number of hydrogen-bond donors (Lipinski definition) is 1. The second-order valence-electron chi connectivity index (χ2n) is 7.68. The SMILES string of the molecule is CCNC(=NCCS(=O)Cc1ccccc1)N1CCOC(c2ccc(C)cc2C)C1. The molecule has 3 rings (SSSR count). The second kappa shape index (κ2) is 11.3. The van der Waals surface area contributed by atoms with Crippen molar-refractivity contribution in [2.24, 2.45) is 4.99 Å². The Labute approximate surface area is 183 Å². The average molecular weight is 428 g/mol. The number of morpholine rings is 1. The lowest BCUT2D eigenvalue weighted by Crippen LogP contribution is -2.48. The monoisotopic (exact) mass is 427 g/mol. The molecule has 1 fully saturated rings. The molecule has 162 valence electrons. The van der Waals surface area contributed by atoms with Gasteiger partial charge in [-0.1, -0.05) is 54.1 Å². The Morgan fingerprint density at radius 1 is 1.23 bits per heavy atom. The molecule has 1 N–H and O–H groups in total. The molecule has 0 radical (unpaired) electrons. The first-order valence-electron chi connectivity index (χ1n) is 10.7. The van der Waals surface area contributed by atoms with Crippen LogP contribution in [0.1, 0.15) is 35.3 Å². The van der Waals surface area contributed by atoms with E-state index < -0.39 is 10.8 Å². The molecule has 0 bridgehead atoms. The Kier molecular flexibility index (Phi) is 8.46. The Bertz CT molecular complexity index is 870. The van der Waals surface area contributed by atoms with Gasteiger partial charge in [-0.3, -0.25) is 9.20 Å². The van der Waals surface area contributed by atoms with Crippen LogP contribution in [0.5, 0.6) is 0 Å². The summed E-state index contributed by atoms with van der Waals surface area (Å²) in [5, 5.41) is 3.39. The van der Waals surface area contributed by atoms with Gasteiger partial charge in [0.2, 0.25) is 0 Å². The predicted octanol–water partition coefficient (Wildman–Crippen LogP) is 3.59. The normalized spacial score (nSPS) is 18.3. The van der Waals surface area contributed by atoms with Crippen LogP contribution in [0.4, 0.5) is 0 Å². The van der Waals surface area contributed by atoms with Crippen molar-refractivity contribution in [3.05, 3.63) is 70.8 Å². The summed E-state index contributed by atoms with van der Waals surface area (Å²) in [7, 11) is -0.916. The van der Waals surface area contributed by atoms with Gasteiger partial charge >= 0.3 is 0 Å². The van der Waals surface area contributed by atoms with Crippen LogP contribution in [0.3, 0.4) is 0 Å². The maximum absolute atomic E-state index is 12.4. The van der Waals surface area contributed by atoms with Crippen molar-refractivity contribution in [2.45, 2.75) is 32.6 Å². The van der Waals surface area contributed by atoms with Gasteiger partial charge in [0, 0.05) is 35.4 Å². The van der Waals surface area contributed by atoms with E-state index in [-0.39, 0.29) is 6.10 Å².